The van der Waals surface area contributed by atoms with Gasteiger partial charge in [0, 0.05) is 94.1 Å². The van der Waals surface area contributed by atoms with Crippen LogP contribution in [0.5, 0.6) is 0 Å². The van der Waals surface area contributed by atoms with Crippen molar-refractivity contribution in [3.05, 3.63) is 414 Å². The van der Waals surface area contributed by atoms with Gasteiger partial charge in [0.15, 0.2) is 0 Å². The van der Waals surface area contributed by atoms with Gasteiger partial charge in [0.25, 0.3) is 0 Å². The lowest BCUT2D eigenvalue weighted by atomic mass is 10.0. The molecule has 8 nitrogen and oxygen atoms in total. The Labute approximate surface area is 727 Å². The van der Waals surface area contributed by atoms with Gasteiger partial charge >= 0.3 is 0 Å². The molecule has 0 amide bonds. The van der Waals surface area contributed by atoms with Crippen molar-refractivity contribution in [2.75, 3.05) is 0 Å². The maximum Gasteiger partial charge on any atom is 0.123 e. The minimum absolute atomic E-state index is 1.04. The molecular weight excluding hydrogens is 1620 g/mol. The summed E-state index contributed by atoms with van der Waals surface area (Å²) in [7, 11) is 0. The normalized spacial score (nSPS) is 11.0. The number of benzene rings is 14. The number of hydrogen-bond acceptors (Lipinski definition) is 16. The Morgan fingerprint density at radius 1 is 0.117 bits per heavy atom. The second-order valence-corrected chi connectivity index (χ2v) is 36.1. The standard InChI is InChI=1S/2C28H18N2S2.2C24H16N2S2/c1-3-7-19(8-4-1)27-29-17-25(31-27)23-13-11-22-16-24(14-12-21(22)15-23)26-18-30-28(32-26)20-9-5-2-6-10-20;1-3-7-19(8-4-1)25-17-29-27(31-25)23-13-11-22-16-24(14-12-21(22)15-23)28-30-18-26(32-28)20-9-5-2-6-10-20;1-3-7-19(8-4-1)23-25-15-21(27-23)17-11-13-18(14-12-17)22-16-26-24(28-22)20-9-5-2-6-10-20;1-3-7-17(8-4-1)21-15-25-23(27-21)19-11-13-20(14-12-19)24-26-16-22(28-24)18-9-5-2-6-10-18/h2*1-18H;2*1-16H. The molecular formula is C104H68N8S8. The smallest absolute Gasteiger partial charge is 0.123 e. The lowest BCUT2D eigenvalue weighted by molar-refractivity contribution is 1.40. The number of thiazole rings is 8. The topological polar surface area (TPSA) is 103 Å². The minimum atomic E-state index is 1.04. The van der Waals surface area contributed by atoms with E-state index in [1.165, 1.54) is 105 Å². The third-order valence-electron chi connectivity index (χ3n) is 19.9. The largest absolute Gasteiger partial charge is 0.244 e. The van der Waals surface area contributed by atoms with Gasteiger partial charge in [0.05, 0.1) is 39.0 Å². The molecule has 0 bridgehead atoms. The zero-order valence-electron chi connectivity index (χ0n) is 64.1. The molecule has 0 saturated heterocycles. The van der Waals surface area contributed by atoms with E-state index in [9.17, 15) is 0 Å². The lowest BCUT2D eigenvalue weighted by Crippen LogP contribution is -1.80. The third-order valence-corrected chi connectivity index (χ3v) is 28.7. The Balaban J connectivity index is 0.000000106. The van der Waals surface area contributed by atoms with Crippen molar-refractivity contribution < 1.29 is 0 Å². The summed E-state index contributed by atoms with van der Waals surface area (Å²) in [5, 5.41) is 13.2. The number of rotatable bonds is 16. The molecule has 0 unspecified atom stereocenters. The predicted molar refractivity (Wildman–Crippen MR) is 513 cm³/mol. The summed E-state index contributed by atoms with van der Waals surface area (Å²) in [5.41, 5.74) is 18.8. The molecule has 14 aromatic carbocycles. The van der Waals surface area contributed by atoms with E-state index in [2.05, 4.69) is 331 Å². The van der Waals surface area contributed by atoms with Crippen LogP contribution in [0, 0.1) is 0 Å². The van der Waals surface area contributed by atoms with Crippen LogP contribution < -0.4 is 0 Å². The van der Waals surface area contributed by atoms with E-state index in [0.717, 1.165) is 84.6 Å². The highest BCUT2D eigenvalue weighted by molar-refractivity contribution is 7.21. The van der Waals surface area contributed by atoms with Gasteiger partial charge in [0.2, 0.25) is 0 Å². The zero-order chi connectivity index (χ0) is 80.2. The van der Waals surface area contributed by atoms with Crippen molar-refractivity contribution in [1.82, 2.24) is 39.9 Å². The van der Waals surface area contributed by atoms with Crippen molar-refractivity contribution in [3.8, 4) is 168 Å². The van der Waals surface area contributed by atoms with Crippen LogP contribution in [0.25, 0.3) is 190 Å². The average Bonchev–Trinajstić information content (AvgIpc) is 1.47. The van der Waals surface area contributed by atoms with E-state index < -0.39 is 0 Å². The molecule has 0 N–H and O–H groups in total. The van der Waals surface area contributed by atoms with E-state index in [1.54, 1.807) is 90.7 Å². The summed E-state index contributed by atoms with van der Waals surface area (Å²) in [4.78, 5) is 46.5. The van der Waals surface area contributed by atoms with E-state index in [4.69, 9.17) is 0 Å². The lowest BCUT2D eigenvalue weighted by Gasteiger charge is -2.04. The second-order valence-electron chi connectivity index (χ2n) is 27.9. The van der Waals surface area contributed by atoms with Gasteiger partial charge < -0.3 is 0 Å². The van der Waals surface area contributed by atoms with Crippen LogP contribution in [0.15, 0.2) is 414 Å². The monoisotopic (exact) mass is 1680 g/mol. The quantitative estimate of drug-likeness (QED) is 0.0943. The van der Waals surface area contributed by atoms with Crippen LogP contribution in [0.2, 0.25) is 0 Å². The fourth-order valence-corrected chi connectivity index (χ4v) is 21.1. The Kier molecular flexibility index (Phi) is 23.1. The first-order chi connectivity index (χ1) is 59.4. The van der Waals surface area contributed by atoms with E-state index in [1.807, 2.05) is 122 Å². The minimum Gasteiger partial charge on any atom is -0.244 e. The first-order valence-electron chi connectivity index (χ1n) is 38.8. The van der Waals surface area contributed by atoms with Crippen LogP contribution in [-0.4, -0.2) is 39.9 Å². The van der Waals surface area contributed by atoms with Gasteiger partial charge in [-0.15, -0.1) is 90.7 Å². The van der Waals surface area contributed by atoms with E-state index in [-0.39, 0.29) is 0 Å². The molecule has 0 aliphatic rings. The van der Waals surface area contributed by atoms with Crippen LogP contribution in [0.1, 0.15) is 0 Å². The predicted octanol–water partition coefficient (Wildman–Crippen LogP) is 31.4. The molecule has 0 atom stereocenters. The molecule has 0 spiro atoms. The maximum absolute atomic E-state index is 4.68. The molecule has 22 rings (SSSR count). The van der Waals surface area contributed by atoms with Crippen LogP contribution in [-0.2, 0) is 0 Å². The van der Waals surface area contributed by atoms with Crippen molar-refractivity contribution in [1.29, 1.82) is 0 Å². The van der Waals surface area contributed by atoms with Crippen molar-refractivity contribution in [3.63, 3.8) is 0 Å². The Hall–Kier alpha value is -13.4. The van der Waals surface area contributed by atoms with Gasteiger partial charge in [-0.1, -0.05) is 340 Å². The molecule has 16 heteroatoms. The highest BCUT2D eigenvalue weighted by atomic mass is 32.1. The first kappa shape index (κ1) is 76.6. The van der Waals surface area contributed by atoms with Crippen molar-refractivity contribution in [2.45, 2.75) is 0 Å². The average molecular weight is 1690 g/mol. The SMILES string of the molecule is c1ccc(-c2cnc(-c3ccc(-c4ncc(-c5ccccc5)s4)cc3)s2)cc1.c1ccc(-c2cnc(-c3ccc4cc(-c5ncc(-c6ccccc6)s5)ccc4c3)s2)cc1.c1ccc(-c2ncc(-c3ccc(-c4cnc(-c5ccccc5)s4)cc3)s2)cc1.c1ccc(-c2ncc(-c3ccc4cc(-c5cnc(-c6ccccc6)s5)ccc4c3)s2)cc1. The van der Waals surface area contributed by atoms with E-state index in [0.29, 0.717) is 0 Å². The molecule has 0 saturated carbocycles. The van der Waals surface area contributed by atoms with Gasteiger partial charge in [0.1, 0.15) is 40.1 Å². The van der Waals surface area contributed by atoms with Crippen LogP contribution >= 0.6 is 90.7 Å². The molecule has 572 valence electrons. The number of hydrogen-bond donors (Lipinski definition) is 0. The molecule has 0 fully saturated rings. The molecule has 0 radical (unpaired) electrons. The number of nitrogens with zero attached hydrogens (tertiary/aromatic N) is 8. The third kappa shape index (κ3) is 17.9. The Morgan fingerprint density at radius 2 is 0.250 bits per heavy atom. The maximum atomic E-state index is 4.68. The first-order valence-corrected chi connectivity index (χ1v) is 45.3. The Morgan fingerprint density at radius 3 is 0.458 bits per heavy atom. The summed E-state index contributed by atoms with van der Waals surface area (Å²) in [6.45, 7) is 0. The highest BCUT2D eigenvalue weighted by Crippen LogP contribution is 2.43. The summed E-state index contributed by atoms with van der Waals surface area (Å²) in [6, 6.07) is 127. The summed E-state index contributed by atoms with van der Waals surface area (Å²) in [6.07, 6.45) is 15.7. The second kappa shape index (κ2) is 36.2. The van der Waals surface area contributed by atoms with Crippen molar-refractivity contribution >= 4 is 112 Å². The molecule has 8 heterocycles. The summed E-state index contributed by atoms with van der Waals surface area (Å²) < 4.78 is 0. The zero-order valence-corrected chi connectivity index (χ0v) is 70.6. The van der Waals surface area contributed by atoms with Crippen molar-refractivity contribution in [2.24, 2.45) is 0 Å². The Bertz CT molecular complexity index is 6270. The van der Waals surface area contributed by atoms with Crippen LogP contribution in [0.4, 0.5) is 0 Å². The van der Waals surface area contributed by atoms with Gasteiger partial charge in [-0.3, -0.25) is 0 Å². The molecule has 8 aromatic heterocycles. The fraction of sp³-hybridized carbons (Fsp3) is 0. The highest BCUT2D eigenvalue weighted by Gasteiger charge is 2.17. The summed E-state index contributed by atoms with van der Waals surface area (Å²) in [5.74, 6) is 0. The van der Waals surface area contributed by atoms with Gasteiger partial charge in [-0.25, -0.2) is 39.9 Å². The number of aromatic nitrogens is 8. The molecule has 22 aromatic rings. The molecule has 0 aliphatic carbocycles. The molecule has 0 aliphatic heterocycles. The number of fused-ring (bicyclic) bond motifs is 2. The van der Waals surface area contributed by atoms with Gasteiger partial charge in [-0.05, 0) is 90.3 Å². The van der Waals surface area contributed by atoms with Gasteiger partial charge in [-0.2, -0.15) is 0 Å². The summed E-state index contributed by atoms with van der Waals surface area (Å²) >= 11 is 13.8. The fourth-order valence-electron chi connectivity index (χ4n) is 13.7. The van der Waals surface area contributed by atoms with E-state index >= 15 is 0 Å². The molecule has 120 heavy (non-hydrogen) atoms. The van der Waals surface area contributed by atoms with Crippen LogP contribution in [0.3, 0.4) is 0 Å².